The van der Waals surface area contributed by atoms with E-state index >= 15 is 0 Å². The van der Waals surface area contributed by atoms with Crippen molar-refractivity contribution in [2.24, 2.45) is 11.1 Å². The van der Waals surface area contributed by atoms with Crippen molar-refractivity contribution in [1.82, 2.24) is 10.1 Å². The number of halogens is 1. The minimum atomic E-state index is -1.01. The molecule has 1 aromatic heterocycles. The second kappa shape index (κ2) is 11.9. The molecule has 1 atom stereocenters. The Morgan fingerprint density at radius 2 is 1.78 bits per heavy atom. The van der Waals surface area contributed by atoms with Crippen LogP contribution in [0.3, 0.4) is 0 Å². The van der Waals surface area contributed by atoms with E-state index in [0.29, 0.717) is 23.2 Å². The summed E-state index contributed by atoms with van der Waals surface area (Å²) in [5.74, 6) is -0.784. The molecule has 4 aromatic rings. The summed E-state index contributed by atoms with van der Waals surface area (Å²) in [7, 11) is 0. The van der Waals surface area contributed by atoms with Gasteiger partial charge >= 0.3 is 5.97 Å². The predicted octanol–water partition coefficient (Wildman–Crippen LogP) is 5.60. The number of hydrogen-bond acceptors (Lipinski definition) is 7. The van der Waals surface area contributed by atoms with Crippen LogP contribution >= 0.6 is 0 Å². The number of rotatable bonds is 11. The van der Waals surface area contributed by atoms with E-state index in [4.69, 9.17) is 14.1 Å². The molecule has 1 heterocycles. The van der Waals surface area contributed by atoms with Crippen LogP contribution in [0.15, 0.2) is 82.5 Å². The van der Waals surface area contributed by atoms with Gasteiger partial charge in [-0.15, -0.1) is 0 Å². The maximum atomic E-state index is 13.0. The number of hydrogen-bond donors (Lipinski definition) is 1. The fourth-order valence-corrected chi connectivity index (χ4v) is 3.58. The number of aliphatic carboxylic acids is 1. The Morgan fingerprint density at radius 3 is 2.49 bits per heavy atom. The van der Waals surface area contributed by atoms with Crippen LogP contribution < -0.4 is 4.74 Å². The summed E-state index contributed by atoms with van der Waals surface area (Å²) >= 11 is 0. The number of carboxylic acids is 1. The van der Waals surface area contributed by atoms with Gasteiger partial charge in [0.05, 0.1) is 5.71 Å². The van der Waals surface area contributed by atoms with Crippen LogP contribution in [0.4, 0.5) is 4.39 Å². The first-order valence-corrected chi connectivity index (χ1v) is 11.6. The van der Waals surface area contributed by atoms with Gasteiger partial charge in [-0.3, -0.25) is 4.79 Å². The Hall–Kier alpha value is -4.53. The Bertz CT molecular complexity index is 1370. The Kier molecular flexibility index (Phi) is 8.25. The Morgan fingerprint density at radius 1 is 1.05 bits per heavy atom. The summed E-state index contributed by atoms with van der Waals surface area (Å²) in [5.41, 5.74) is 3.83. The van der Waals surface area contributed by atoms with Crippen molar-refractivity contribution < 1.29 is 28.4 Å². The number of nitrogens with zero attached hydrogens (tertiary/aromatic N) is 3. The molecule has 1 unspecified atom stereocenters. The number of carbonyl (C=O) groups is 1. The van der Waals surface area contributed by atoms with Gasteiger partial charge in [0.25, 0.3) is 5.89 Å². The molecule has 0 aliphatic carbocycles. The van der Waals surface area contributed by atoms with E-state index in [0.717, 1.165) is 22.3 Å². The van der Waals surface area contributed by atoms with Gasteiger partial charge in [-0.05, 0) is 61.7 Å². The van der Waals surface area contributed by atoms with Crippen LogP contribution in [0, 0.1) is 18.7 Å². The molecule has 37 heavy (non-hydrogen) atoms. The van der Waals surface area contributed by atoms with E-state index in [1.807, 2.05) is 31.2 Å². The monoisotopic (exact) mass is 503 g/mol. The quantitative estimate of drug-likeness (QED) is 0.210. The summed E-state index contributed by atoms with van der Waals surface area (Å²) in [6, 6.07) is 20.7. The van der Waals surface area contributed by atoms with E-state index in [-0.39, 0.29) is 25.5 Å². The lowest BCUT2D eigenvalue weighted by molar-refractivity contribution is -0.139. The van der Waals surface area contributed by atoms with Crippen molar-refractivity contribution in [1.29, 1.82) is 0 Å². The molecule has 0 spiro atoms. The van der Waals surface area contributed by atoms with Crippen molar-refractivity contribution >= 4 is 11.7 Å². The molecule has 0 radical (unpaired) electrons. The lowest BCUT2D eigenvalue weighted by Gasteiger charge is -2.13. The molecule has 1 N–H and O–H groups in total. The topological polar surface area (TPSA) is 107 Å². The fourth-order valence-electron chi connectivity index (χ4n) is 3.58. The molecule has 4 rings (SSSR count). The average molecular weight is 504 g/mol. The third-order valence-electron chi connectivity index (χ3n) is 5.63. The van der Waals surface area contributed by atoms with Crippen LogP contribution in [0.25, 0.3) is 11.4 Å². The zero-order valence-corrected chi connectivity index (χ0v) is 20.4. The van der Waals surface area contributed by atoms with Gasteiger partial charge in [0.1, 0.15) is 24.1 Å². The van der Waals surface area contributed by atoms with E-state index in [2.05, 4.69) is 15.3 Å². The van der Waals surface area contributed by atoms with Crippen molar-refractivity contribution in [2.75, 3.05) is 0 Å². The molecule has 0 fully saturated rings. The van der Waals surface area contributed by atoms with Crippen molar-refractivity contribution in [2.45, 2.75) is 33.5 Å². The van der Waals surface area contributed by atoms with Crippen LogP contribution in [-0.2, 0) is 29.3 Å². The van der Waals surface area contributed by atoms with Gasteiger partial charge in [0.2, 0.25) is 5.82 Å². The second-order valence-electron chi connectivity index (χ2n) is 8.54. The first-order chi connectivity index (χ1) is 17.9. The minimum Gasteiger partial charge on any atom is -0.484 e. The SMILES string of the molecule is C/C(=N\OCc1ccc(F)cc1)C(Cc1ccc(OCc2nc(-c3cccc(C)c3)no2)cc1)C(=O)O. The van der Waals surface area contributed by atoms with Gasteiger partial charge in [-0.2, -0.15) is 4.98 Å². The predicted molar refractivity (Wildman–Crippen MR) is 134 cm³/mol. The molecular formula is C28H26FN3O5. The Labute approximate surface area is 213 Å². The first-order valence-electron chi connectivity index (χ1n) is 11.6. The van der Waals surface area contributed by atoms with Crippen LogP contribution in [-0.4, -0.2) is 26.9 Å². The maximum absolute atomic E-state index is 13.0. The third-order valence-corrected chi connectivity index (χ3v) is 5.63. The number of ether oxygens (including phenoxy) is 1. The van der Waals surface area contributed by atoms with Gasteiger partial charge < -0.3 is 19.2 Å². The van der Waals surface area contributed by atoms with Crippen LogP contribution in [0.2, 0.25) is 0 Å². The third kappa shape index (κ3) is 7.23. The molecule has 0 bridgehead atoms. The van der Waals surface area contributed by atoms with E-state index in [1.165, 1.54) is 12.1 Å². The zero-order valence-electron chi connectivity index (χ0n) is 20.4. The summed E-state index contributed by atoms with van der Waals surface area (Å²) in [6.45, 7) is 3.82. The highest BCUT2D eigenvalue weighted by atomic mass is 19.1. The fraction of sp³-hybridized carbons (Fsp3) is 0.214. The number of benzene rings is 3. The summed E-state index contributed by atoms with van der Waals surface area (Å²) in [6.07, 6.45) is 0.231. The van der Waals surface area contributed by atoms with E-state index < -0.39 is 11.9 Å². The second-order valence-corrected chi connectivity index (χ2v) is 8.54. The standard InChI is InChI=1S/C28H26FN3O5/c1-18-4-3-5-22(14-18)27-30-26(37-32-27)17-35-24-12-8-20(9-13-24)15-25(28(33)34)19(2)31-36-16-21-6-10-23(29)11-7-21/h3-14,25H,15-17H2,1-2H3,(H,33,34)/b31-19+. The number of oxime groups is 1. The smallest absolute Gasteiger partial charge is 0.312 e. The largest absolute Gasteiger partial charge is 0.484 e. The highest BCUT2D eigenvalue weighted by Gasteiger charge is 2.22. The summed E-state index contributed by atoms with van der Waals surface area (Å²) < 4.78 is 24.0. The van der Waals surface area contributed by atoms with Crippen LogP contribution in [0.1, 0.15) is 29.5 Å². The van der Waals surface area contributed by atoms with Gasteiger partial charge in [-0.25, -0.2) is 4.39 Å². The number of aryl methyl sites for hydroxylation is 1. The lowest BCUT2D eigenvalue weighted by Crippen LogP contribution is -2.24. The molecule has 0 amide bonds. The highest BCUT2D eigenvalue weighted by molar-refractivity contribution is 6.00. The molecule has 3 aromatic carbocycles. The zero-order chi connectivity index (χ0) is 26.2. The number of carboxylic acid groups (broad SMARTS) is 1. The molecule has 0 aliphatic rings. The van der Waals surface area contributed by atoms with Gasteiger partial charge in [0, 0.05) is 5.56 Å². The molecule has 0 aliphatic heterocycles. The van der Waals surface area contributed by atoms with E-state index in [9.17, 15) is 14.3 Å². The van der Waals surface area contributed by atoms with Crippen molar-refractivity contribution in [3.8, 4) is 17.1 Å². The first kappa shape index (κ1) is 25.6. The Balaban J connectivity index is 1.31. The average Bonchev–Trinajstić information content (AvgIpc) is 3.37. The normalized spacial score (nSPS) is 12.2. The highest BCUT2D eigenvalue weighted by Crippen LogP contribution is 2.20. The van der Waals surface area contributed by atoms with Crippen LogP contribution in [0.5, 0.6) is 5.75 Å². The molecular weight excluding hydrogens is 477 g/mol. The van der Waals surface area contributed by atoms with Crippen molar-refractivity contribution in [3.05, 3.63) is 101 Å². The molecule has 8 nitrogen and oxygen atoms in total. The lowest BCUT2D eigenvalue weighted by atomic mass is 9.95. The minimum absolute atomic E-state index is 0.104. The summed E-state index contributed by atoms with van der Waals surface area (Å²) in [4.78, 5) is 21.5. The van der Waals surface area contributed by atoms with Gasteiger partial charge in [-0.1, -0.05) is 58.3 Å². The maximum Gasteiger partial charge on any atom is 0.312 e. The summed E-state index contributed by atoms with van der Waals surface area (Å²) in [5, 5.41) is 17.7. The van der Waals surface area contributed by atoms with E-state index in [1.54, 1.807) is 43.3 Å². The molecule has 190 valence electrons. The molecule has 0 saturated carbocycles. The van der Waals surface area contributed by atoms with Gasteiger partial charge in [0.15, 0.2) is 6.61 Å². The molecule has 9 heteroatoms. The number of aromatic nitrogens is 2. The van der Waals surface area contributed by atoms with Crippen molar-refractivity contribution in [3.63, 3.8) is 0 Å². The molecule has 0 saturated heterocycles.